The highest BCUT2D eigenvalue weighted by Gasteiger charge is 2.19. The van der Waals surface area contributed by atoms with Crippen LogP contribution >= 0.6 is 11.3 Å². The number of hydrogen-bond donors (Lipinski definition) is 3. The lowest BCUT2D eigenvalue weighted by Gasteiger charge is -2.17. The molecule has 0 atom stereocenters. The number of anilines is 2. The molecule has 0 spiro atoms. The monoisotopic (exact) mass is 563 g/mol. The SMILES string of the molecule is CN(C(=O)c1ccccc1)c1ccc2c(c1)nc(NC(=O)c1ccc(-c3cn[nH]c3)s1)n2CCc1cc[nH]c(=O)c1. The molecule has 6 aromatic rings. The number of H-pyrrole nitrogens is 2. The summed E-state index contributed by atoms with van der Waals surface area (Å²) in [6.07, 6.45) is 5.65. The molecule has 10 nitrogen and oxygen atoms in total. The molecule has 0 bridgehead atoms. The molecule has 0 aliphatic heterocycles. The Bertz CT molecular complexity index is 1910. The van der Waals surface area contributed by atoms with Gasteiger partial charge in [-0.25, -0.2) is 4.98 Å². The van der Waals surface area contributed by atoms with Gasteiger partial charge in [-0.05, 0) is 60.5 Å². The smallest absolute Gasteiger partial charge is 0.268 e. The lowest BCUT2D eigenvalue weighted by atomic mass is 10.2. The summed E-state index contributed by atoms with van der Waals surface area (Å²) in [5, 5.41) is 9.73. The van der Waals surface area contributed by atoms with E-state index in [9.17, 15) is 14.4 Å². The Morgan fingerprint density at radius 3 is 2.68 bits per heavy atom. The van der Waals surface area contributed by atoms with Gasteiger partial charge in [0.25, 0.3) is 11.8 Å². The predicted octanol–water partition coefficient (Wildman–Crippen LogP) is 4.95. The van der Waals surface area contributed by atoms with Crippen LogP contribution in [0.1, 0.15) is 25.6 Å². The Hall–Kier alpha value is -5.29. The summed E-state index contributed by atoms with van der Waals surface area (Å²) in [4.78, 5) is 48.6. The van der Waals surface area contributed by atoms with Crippen LogP contribution in [0.3, 0.4) is 0 Å². The van der Waals surface area contributed by atoms with E-state index in [1.165, 1.54) is 11.3 Å². The Balaban J connectivity index is 1.32. The first kappa shape index (κ1) is 26.0. The number of hydrogen-bond acceptors (Lipinski definition) is 6. The molecule has 4 aromatic heterocycles. The van der Waals surface area contributed by atoms with Gasteiger partial charge < -0.3 is 14.5 Å². The number of rotatable bonds is 8. The van der Waals surface area contributed by atoms with Crippen molar-refractivity contribution in [3.63, 3.8) is 0 Å². The number of amides is 2. The van der Waals surface area contributed by atoms with Crippen LogP contribution in [0, 0.1) is 0 Å². The predicted molar refractivity (Wildman–Crippen MR) is 160 cm³/mol. The summed E-state index contributed by atoms with van der Waals surface area (Å²) < 4.78 is 1.92. The lowest BCUT2D eigenvalue weighted by Crippen LogP contribution is -2.26. The van der Waals surface area contributed by atoms with Crippen molar-refractivity contribution in [2.45, 2.75) is 13.0 Å². The van der Waals surface area contributed by atoms with Gasteiger partial charge in [0.1, 0.15) is 0 Å². The number of carbonyl (C=O) groups is 2. The Kier molecular flexibility index (Phi) is 7.00. The lowest BCUT2D eigenvalue weighted by molar-refractivity contribution is 0.0991. The number of pyridine rings is 1. The van der Waals surface area contributed by atoms with E-state index < -0.39 is 0 Å². The minimum atomic E-state index is -0.283. The summed E-state index contributed by atoms with van der Waals surface area (Å²) >= 11 is 1.36. The fraction of sp³-hybridized carbons (Fsp3) is 0.100. The minimum Gasteiger partial charge on any atom is -0.329 e. The van der Waals surface area contributed by atoms with Crippen LogP contribution in [0.25, 0.3) is 21.5 Å². The van der Waals surface area contributed by atoms with Gasteiger partial charge in [0.2, 0.25) is 11.5 Å². The van der Waals surface area contributed by atoms with Crippen molar-refractivity contribution >= 4 is 45.8 Å². The van der Waals surface area contributed by atoms with E-state index >= 15 is 0 Å². The zero-order valence-corrected chi connectivity index (χ0v) is 22.8. The second kappa shape index (κ2) is 11.1. The van der Waals surface area contributed by atoms with E-state index in [1.54, 1.807) is 54.8 Å². The zero-order valence-electron chi connectivity index (χ0n) is 22.0. The molecule has 2 aromatic carbocycles. The first-order chi connectivity index (χ1) is 20.0. The third kappa shape index (κ3) is 5.43. The molecule has 2 amide bonds. The number of thiophene rings is 1. The molecule has 6 rings (SSSR count). The number of fused-ring (bicyclic) bond motifs is 1. The largest absolute Gasteiger partial charge is 0.329 e. The second-order valence-corrected chi connectivity index (χ2v) is 10.5. The number of benzene rings is 2. The third-order valence-electron chi connectivity index (χ3n) is 6.75. The Morgan fingerprint density at radius 2 is 1.90 bits per heavy atom. The van der Waals surface area contributed by atoms with E-state index in [2.05, 4.69) is 20.5 Å². The van der Waals surface area contributed by atoms with Gasteiger partial charge in [-0.2, -0.15) is 5.10 Å². The number of nitrogens with one attached hydrogen (secondary N) is 3. The molecular formula is C30H25N7O3S. The Labute approximate surface area is 238 Å². The number of aromatic amines is 2. The standard InChI is InChI=1S/C30H25N7O3S/c1-36(29(40)20-5-3-2-4-6-20)22-7-8-24-23(16-22)34-30(37(24)14-12-19-11-13-31-27(38)15-19)35-28(39)26-10-9-25(41-26)21-17-32-33-18-21/h2-11,13,15-18H,12,14H2,1H3,(H,31,38)(H,32,33)(H,34,35,39). The van der Waals surface area contributed by atoms with Crippen molar-refractivity contribution < 1.29 is 9.59 Å². The highest BCUT2D eigenvalue weighted by molar-refractivity contribution is 7.17. The average molecular weight is 564 g/mol. The molecule has 0 saturated carbocycles. The summed E-state index contributed by atoms with van der Waals surface area (Å²) in [5.41, 5.74) is 4.26. The summed E-state index contributed by atoms with van der Waals surface area (Å²) in [7, 11) is 1.72. The van der Waals surface area contributed by atoms with Gasteiger partial charge >= 0.3 is 0 Å². The van der Waals surface area contributed by atoms with E-state index in [-0.39, 0.29) is 17.4 Å². The molecule has 0 saturated heterocycles. The summed E-state index contributed by atoms with van der Waals surface area (Å²) in [6, 6.07) is 21.7. The number of aromatic nitrogens is 5. The van der Waals surface area contributed by atoms with Gasteiger partial charge in [0.15, 0.2) is 0 Å². The van der Waals surface area contributed by atoms with E-state index in [4.69, 9.17) is 4.98 Å². The maximum atomic E-state index is 13.3. The van der Waals surface area contributed by atoms with Gasteiger partial charge in [-0.1, -0.05) is 18.2 Å². The maximum absolute atomic E-state index is 13.3. The molecule has 0 fully saturated rings. The van der Waals surface area contributed by atoms with Crippen molar-refractivity contribution in [1.82, 2.24) is 24.7 Å². The first-order valence-corrected chi connectivity index (χ1v) is 13.7. The number of imidazole rings is 1. The van der Waals surface area contributed by atoms with Crippen molar-refractivity contribution in [3.05, 3.63) is 118 Å². The molecule has 3 N–H and O–H groups in total. The van der Waals surface area contributed by atoms with Gasteiger partial charge in [-0.3, -0.25) is 24.8 Å². The fourth-order valence-electron chi connectivity index (χ4n) is 4.59. The first-order valence-electron chi connectivity index (χ1n) is 12.9. The van der Waals surface area contributed by atoms with Crippen LogP contribution in [0.4, 0.5) is 11.6 Å². The van der Waals surface area contributed by atoms with Gasteiger partial charge in [0.05, 0.1) is 22.1 Å². The van der Waals surface area contributed by atoms with Crippen molar-refractivity contribution in [3.8, 4) is 10.4 Å². The molecule has 41 heavy (non-hydrogen) atoms. The van der Waals surface area contributed by atoms with Crippen LogP contribution in [-0.2, 0) is 13.0 Å². The number of aryl methyl sites for hydroxylation is 2. The van der Waals surface area contributed by atoms with Crippen LogP contribution in [-0.4, -0.2) is 43.6 Å². The Morgan fingerprint density at radius 1 is 1.05 bits per heavy atom. The van der Waals surface area contributed by atoms with Crippen molar-refractivity contribution in [2.75, 3.05) is 17.3 Å². The van der Waals surface area contributed by atoms with Gasteiger partial charge in [0, 0.05) is 53.7 Å². The quantitative estimate of drug-likeness (QED) is 0.241. The fourth-order valence-corrected chi connectivity index (χ4v) is 5.47. The molecule has 4 heterocycles. The van der Waals surface area contributed by atoms with E-state index in [0.717, 1.165) is 21.5 Å². The highest BCUT2D eigenvalue weighted by Crippen LogP contribution is 2.29. The number of nitrogens with zero attached hydrogens (tertiary/aromatic N) is 4. The van der Waals surface area contributed by atoms with Crippen LogP contribution in [0.2, 0.25) is 0 Å². The second-order valence-electron chi connectivity index (χ2n) is 9.41. The molecule has 204 valence electrons. The third-order valence-corrected chi connectivity index (χ3v) is 7.88. The van der Waals surface area contributed by atoms with Crippen LogP contribution in [0.15, 0.2) is 96.2 Å². The summed E-state index contributed by atoms with van der Waals surface area (Å²) in [6.45, 7) is 0.471. The number of carbonyl (C=O) groups excluding carboxylic acids is 2. The van der Waals surface area contributed by atoms with E-state index in [0.29, 0.717) is 40.6 Å². The van der Waals surface area contributed by atoms with Crippen LogP contribution in [0.5, 0.6) is 0 Å². The van der Waals surface area contributed by atoms with Crippen molar-refractivity contribution in [2.24, 2.45) is 0 Å². The molecule has 11 heteroatoms. The van der Waals surface area contributed by atoms with E-state index in [1.807, 2.05) is 53.1 Å². The normalized spacial score (nSPS) is 11.0. The molecular weight excluding hydrogens is 538 g/mol. The topological polar surface area (TPSA) is 129 Å². The summed E-state index contributed by atoms with van der Waals surface area (Å²) in [5.74, 6) is -0.0466. The zero-order chi connectivity index (χ0) is 28.3. The molecule has 0 aliphatic carbocycles. The van der Waals surface area contributed by atoms with Gasteiger partial charge in [-0.15, -0.1) is 11.3 Å². The minimum absolute atomic E-state index is 0.140. The molecule has 0 unspecified atom stereocenters. The molecule has 0 radical (unpaired) electrons. The molecule has 0 aliphatic rings. The van der Waals surface area contributed by atoms with Crippen LogP contribution < -0.4 is 15.8 Å². The maximum Gasteiger partial charge on any atom is 0.268 e. The highest BCUT2D eigenvalue weighted by atomic mass is 32.1. The average Bonchev–Trinajstić information content (AvgIpc) is 3.76. The van der Waals surface area contributed by atoms with Crippen molar-refractivity contribution in [1.29, 1.82) is 0 Å².